The van der Waals surface area contributed by atoms with Crippen LogP contribution in [0.5, 0.6) is 0 Å². The van der Waals surface area contributed by atoms with Crippen molar-refractivity contribution >= 4 is 46.6 Å². The van der Waals surface area contributed by atoms with Gasteiger partial charge in [0.2, 0.25) is 0 Å². The van der Waals surface area contributed by atoms with Gasteiger partial charge in [0.1, 0.15) is 29.6 Å². The number of aliphatic hydroxyl groups excluding tert-OH is 1. The fourth-order valence-corrected chi connectivity index (χ4v) is 2.87. The molecule has 14 heteroatoms. The molecule has 2 heterocycles. The lowest BCUT2D eigenvalue weighted by Crippen LogP contribution is -2.35. The molecule has 0 amide bonds. The van der Waals surface area contributed by atoms with E-state index in [9.17, 15) is 17.6 Å². The zero-order valence-electron chi connectivity index (χ0n) is 17.0. The number of aliphatic hydroxyl groups is 1. The Hall–Kier alpha value is -4.02. The molecule has 0 fully saturated rings. The van der Waals surface area contributed by atoms with Gasteiger partial charge in [-0.05, 0) is 12.1 Å². The SMILES string of the molecule is N#Cc1cc(F)c(Nc2cc(Nc3cc(NC[C@@H](O)C(F)(F)F)ncn3)ncc2C=N)c(Cl)c1. The van der Waals surface area contributed by atoms with Crippen LogP contribution in [0.3, 0.4) is 0 Å². The van der Waals surface area contributed by atoms with E-state index in [2.05, 4.69) is 30.9 Å². The van der Waals surface area contributed by atoms with Gasteiger partial charge in [-0.25, -0.2) is 19.3 Å². The Kier molecular flexibility index (Phi) is 7.44. The number of pyridine rings is 1. The van der Waals surface area contributed by atoms with Gasteiger partial charge in [0.25, 0.3) is 0 Å². The molecular weight excluding hydrogens is 480 g/mol. The molecule has 34 heavy (non-hydrogen) atoms. The number of rotatable bonds is 8. The fraction of sp³-hybridized carbons (Fsp3) is 0.150. The highest BCUT2D eigenvalue weighted by atomic mass is 35.5. The summed E-state index contributed by atoms with van der Waals surface area (Å²) in [6, 6.07) is 6.79. The van der Waals surface area contributed by atoms with E-state index in [-0.39, 0.29) is 45.0 Å². The molecule has 3 rings (SSSR count). The molecule has 0 saturated heterocycles. The number of benzene rings is 1. The van der Waals surface area contributed by atoms with Gasteiger partial charge in [-0.2, -0.15) is 18.4 Å². The molecule has 0 aliphatic heterocycles. The summed E-state index contributed by atoms with van der Waals surface area (Å²) in [6.45, 7) is -0.808. The molecule has 0 aliphatic carbocycles. The normalized spacial score (nSPS) is 11.9. The number of nitrogens with one attached hydrogen (secondary N) is 4. The minimum absolute atomic E-state index is 0.0155. The number of halogens is 5. The Morgan fingerprint density at radius 2 is 1.82 bits per heavy atom. The molecule has 2 aromatic heterocycles. The van der Waals surface area contributed by atoms with Gasteiger partial charge in [0, 0.05) is 30.1 Å². The summed E-state index contributed by atoms with van der Waals surface area (Å²) in [5.74, 6) is -0.415. The first-order valence-electron chi connectivity index (χ1n) is 9.35. The molecule has 0 bridgehead atoms. The Bertz CT molecular complexity index is 1220. The van der Waals surface area contributed by atoms with Crippen LogP contribution in [-0.4, -0.2) is 45.1 Å². The minimum atomic E-state index is -4.78. The summed E-state index contributed by atoms with van der Waals surface area (Å²) in [7, 11) is 0. The van der Waals surface area contributed by atoms with Crippen molar-refractivity contribution in [3.63, 3.8) is 0 Å². The maximum absolute atomic E-state index is 14.4. The second kappa shape index (κ2) is 10.3. The predicted molar refractivity (Wildman–Crippen MR) is 117 cm³/mol. The lowest BCUT2D eigenvalue weighted by Gasteiger charge is -2.16. The van der Waals surface area contributed by atoms with Gasteiger partial charge in [-0.15, -0.1) is 0 Å². The molecule has 0 radical (unpaired) electrons. The summed E-state index contributed by atoms with van der Waals surface area (Å²) >= 11 is 6.07. The van der Waals surface area contributed by atoms with Crippen molar-refractivity contribution in [3.05, 3.63) is 58.8 Å². The standard InChI is InChI=1S/C20H15ClF4N8O/c21-12-1-10(5-26)2-13(22)19(12)32-14-3-17(28-7-11(14)6-27)33-18-4-16(30-9-31-18)29-8-15(34)20(23,24)25/h1-4,6-7,9,15,27,34H,8H2,(H3,28,29,30,31,32,33)/t15-/m1/s1. The van der Waals surface area contributed by atoms with Crippen molar-refractivity contribution in [1.82, 2.24) is 15.0 Å². The second-order valence-electron chi connectivity index (χ2n) is 6.70. The highest BCUT2D eigenvalue weighted by molar-refractivity contribution is 6.33. The van der Waals surface area contributed by atoms with Crippen LogP contribution in [0.2, 0.25) is 5.02 Å². The van der Waals surface area contributed by atoms with Crippen molar-refractivity contribution in [2.24, 2.45) is 0 Å². The lowest BCUT2D eigenvalue weighted by atomic mass is 10.2. The van der Waals surface area contributed by atoms with Gasteiger partial charge in [0.15, 0.2) is 6.10 Å². The van der Waals surface area contributed by atoms with Crippen molar-refractivity contribution in [2.75, 3.05) is 22.5 Å². The third-order valence-corrected chi connectivity index (χ3v) is 4.60. The first kappa shape index (κ1) is 24.6. The largest absolute Gasteiger partial charge is 0.416 e. The molecule has 5 N–H and O–H groups in total. The Morgan fingerprint density at radius 3 is 2.47 bits per heavy atom. The number of nitriles is 1. The highest BCUT2D eigenvalue weighted by Gasteiger charge is 2.37. The van der Waals surface area contributed by atoms with Crippen LogP contribution in [0.4, 0.5) is 46.4 Å². The summed E-state index contributed by atoms with van der Waals surface area (Å²) in [4.78, 5) is 11.9. The summed E-state index contributed by atoms with van der Waals surface area (Å²) in [5, 5.41) is 33.4. The molecule has 9 nitrogen and oxygen atoms in total. The highest BCUT2D eigenvalue weighted by Crippen LogP contribution is 2.32. The van der Waals surface area contributed by atoms with Gasteiger partial charge >= 0.3 is 6.18 Å². The van der Waals surface area contributed by atoms with E-state index in [1.165, 1.54) is 24.4 Å². The van der Waals surface area contributed by atoms with Crippen molar-refractivity contribution in [2.45, 2.75) is 12.3 Å². The quantitative estimate of drug-likeness (QED) is 0.230. The molecule has 0 unspecified atom stereocenters. The summed E-state index contributed by atoms with van der Waals surface area (Å²) in [5.41, 5.74) is 0.460. The zero-order chi connectivity index (χ0) is 24.9. The van der Waals surface area contributed by atoms with Crippen LogP contribution in [0.1, 0.15) is 11.1 Å². The smallest absolute Gasteiger partial charge is 0.382 e. The van der Waals surface area contributed by atoms with E-state index in [0.717, 1.165) is 18.6 Å². The van der Waals surface area contributed by atoms with E-state index in [1.54, 1.807) is 6.07 Å². The second-order valence-corrected chi connectivity index (χ2v) is 7.11. The number of alkyl halides is 3. The van der Waals surface area contributed by atoms with Gasteiger partial charge < -0.3 is 26.5 Å². The van der Waals surface area contributed by atoms with Crippen LogP contribution in [0.15, 0.2) is 36.8 Å². The fourth-order valence-electron chi connectivity index (χ4n) is 2.62. The summed E-state index contributed by atoms with van der Waals surface area (Å²) < 4.78 is 51.8. The van der Waals surface area contributed by atoms with Crippen LogP contribution >= 0.6 is 11.6 Å². The van der Waals surface area contributed by atoms with E-state index in [1.807, 2.05) is 0 Å². The van der Waals surface area contributed by atoms with Crippen LogP contribution in [0.25, 0.3) is 0 Å². The van der Waals surface area contributed by atoms with Crippen molar-refractivity contribution in [3.8, 4) is 6.07 Å². The number of nitrogens with zero attached hydrogens (tertiary/aromatic N) is 4. The Labute approximate surface area is 195 Å². The minimum Gasteiger partial charge on any atom is -0.382 e. The molecule has 176 valence electrons. The third-order valence-electron chi connectivity index (χ3n) is 4.30. The summed E-state index contributed by atoms with van der Waals surface area (Å²) in [6.07, 6.45) is -3.97. The maximum atomic E-state index is 14.4. The third kappa shape index (κ3) is 6.06. The molecule has 1 atom stereocenters. The monoisotopic (exact) mass is 494 g/mol. The molecule has 0 aliphatic rings. The number of hydrogen-bond donors (Lipinski definition) is 5. The van der Waals surface area contributed by atoms with Crippen LogP contribution in [0, 0.1) is 22.6 Å². The van der Waals surface area contributed by atoms with E-state index >= 15 is 0 Å². The number of aromatic nitrogens is 3. The maximum Gasteiger partial charge on any atom is 0.416 e. The number of anilines is 5. The molecule has 0 saturated carbocycles. The van der Waals surface area contributed by atoms with E-state index in [0.29, 0.717) is 0 Å². The average molecular weight is 495 g/mol. The Balaban J connectivity index is 1.81. The predicted octanol–water partition coefficient (Wildman–Crippen LogP) is 4.36. The topological polar surface area (TPSA) is 143 Å². The van der Waals surface area contributed by atoms with E-state index < -0.39 is 24.6 Å². The average Bonchev–Trinajstić information content (AvgIpc) is 2.79. The zero-order valence-corrected chi connectivity index (χ0v) is 17.7. The molecule has 0 spiro atoms. The first-order valence-corrected chi connectivity index (χ1v) is 9.73. The van der Waals surface area contributed by atoms with Crippen molar-refractivity contribution < 1.29 is 22.7 Å². The van der Waals surface area contributed by atoms with E-state index in [4.69, 9.17) is 27.4 Å². The van der Waals surface area contributed by atoms with Crippen LogP contribution < -0.4 is 16.0 Å². The van der Waals surface area contributed by atoms with Gasteiger partial charge in [-0.1, -0.05) is 11.6 Å². The molecule has 3 aromatic rings. The van der Waals surface area contributed by atoms with Crippen LogP contribution in [-0.2, 0) is 0 Å². The number of hydrogen-bond acceptors (Lipinski definition) is 9. The molecular formula is C20H15ClF4N8O. The Morgan fingerprint density at radius 1 is 1.12 bits per heavy atom. The first-order chi connectivity index (χ1) is 16.1. The van der Waals surface area contributed by atoms with Crippen molar-refractivity contribution in [1.29, 1.82) is 10.7 Å². The molecule has 1 aromatic carbocycles. The lowest BCUT2D eigenvalue weighted by molar-refractivity contribution is -0.198. The van der Waals surface area contributed by atoms with Gasteiger partial charge in [-0.3, -0.25) is 0 Å². The van der Waals surface area contributed by atoms with Gasteiger partial charge in [0.05, 0.1) is 34.6 Å².